The van der Waals surface area contributed by atoms with Gasteiger partial charge in [-0.3, -0.25) is 4.79 Å². The van der Waals surface area contributed by atoms with Crippen molar-refractivity contribution in [2.24, 2.45) is 11.7 Å². The minimum absolute atomic E-state index is 0.0210. The zero-order valence-electron chi connectivity index (χ0n) is 27.3. The molecule has 2 aliphatic rings. The second kappa shape index (κ2) is 18.3. The lowest BCUT2D eigenvalue weighted by Crippen LogP contribution is -2.48. The van der Waals surface area contributed by atoms with Crippen molar-refractivity contribution in [3.63, 3.8) is 0 Å². The molecule has 45 heavy (non-hydrogen) atoms. The van der Waals surface area contributed by atoms with E-state index in [0.717, 1.165) is 62.9 Å². The van der Waals surface area contributed by atoms with Crippen LogP contribution in [0.1, 0.15) is 80.9 Å². The van der Waals surface area contributed by atoms with Gasteiger partial charge < -0.3 is 21.3 Å². The number of hydrogen-bond donors (Lipinski definition) is 3. The first kappa shape index (κ1) is 34.2. The van der Waals surface area contributed by atoms with Gasteiger partial charge in [0.1, 0.15) is 5.78 Å². The zero-order valence-corrected chi connectivity index (χ0v) is 27.3. The van der Waals surface area contributed by atoms with Crippen molar-refractivity contribution in [2.45, 2.75) is 83.6 Å². The molecule has 0 aromatic heterocycles. The predicted octanol–water partition coefficient (Wildman–Crippen LogP) is 7.62. The molecule has 0 saturated carbocycles. The molecule has 1 saturated heterocycles. The van der Waals surface area contributed by atoms with Crippen LogP contribution >= 0.6 is 0 Å². The molecular weight excluding hydrogens is 556 g/mol. The third kappa shape index (κ3) is 10.7. The molecule has 6 nitrogen and oxygen atoms in total. The number of urea groups is 1. The fourth-order valence-corrected chi connectivity index (χ4v) is 6.49. The van der Waals surface area contributed by atoms with Crippen LogP contribution in [0.2, 0.25) is 0 Å². The van der Waals surface area contributed by atoms with Crippen LogP contribution in [-0.4, -0.2) is 48.9 Å². The first-order chi connectivity index (χ1) is 22.0. The van der Waals surface area contributed by atoms with E-state index in [-0.39, 0.29) is 29.7 Å². The monoisotopic (exact) mass is 608 g/mol. The fourth-order valence-electron chi connectivity index (χ4n) is 6.49. The molecule has 0 unspecified atom stereocenters. The number of nitrogens with one attached hydrogen (secondary N) is 2. The Morgan fingerprint density at radius 3 is 2.53 bits per heavy atom. The second-order valence-electron chi connectivity index (χ2n) is 12.5. The van der Waals surface area contributed by atoms with Gasteiger partial charge in [-0.15, -0.1) is 5.73 Å². The lowest BCUT2D eigenvalue weighted by molar-refractivity contribution is -0.120. The van der Waals surface area contributed by atoms with E-state index in [2.05, 4.69) is 48.4 Å². The summed E-state index contributed by atoms with van der Waals surface area (Å²) in [5.41, 5.74) is 14.9. The largest absolute Gasteiger partial charge is 0.330 e. The molecule has 2 aromatic rings. The Morgan fingerprint density at radius 1 is 1.02 bits per heavy atom. The normalized spacial score (nSPS) is 16.1. The minimum atomic E-state index is -0.0329. The van der Waals surface area contributed by atoms with Crippen molar-refractivity contribution >= 4 is 17.5 Å². The van der Waals surface area contributed by atoms with Gasteiger partial charge in [-0.1, -0.05) is 86.9 Å². The van der Waals surface area contributed by atoms with Crippen molar-refractivity contribution in [3.05, 3.63) is 107 Å². The lowest BCUT2D eigenvalue weighted by atomic mass is 9.84. The van der Waals surface area contributed by atoms with E-state index in [1.54, 1.807) is 0 Å². The van der Waals surface area contributed by atoms with Crippen LogP contribution in [-0.2, 0) is 11.2 Å². The Kier molecular flexibility index (Phi) is 13.9. The quantitative estimate of drug-likeness (QED) is 0.135. The molecule has 1 aliphatic heterocycles. The highest BCUT2D eigenvalue weighted by atomic mass is 16.2. The van der Waals surface area contributed by atoms with E-state index < -0.39 is 0 Å². The van der Waals surface area contributed by atoms with E-state index in [9.17, 15) is 9.59 Å². The Labute approximate surface area is 270 Å². The van der Waals surface area contributed by atoms with Crippen LogP contribution in [0, 0.1) is 12.8 Å². The number of unbranched alkanes of at least 4 members (excludes halogenated alkanes) is 2. The topological polar surface area (TPSA) is 87.5 Å². The van der Waals surface area contributed by atoms with Crippen LogP contribution < -0.4 is 16.4 Å². The lowest BCUT2D eigenvalue weighted by Gasteiger charge is -2.35. The molecule has 4 rings (SSSR count). The number of anilines is 1. The molecule has 0 radical (unpaired) electrons. The van der Waals surface area contributed by atoms with Crippen molar-refractivity contribution in [1.82, 2.24) is 10.2 Å². The Balaban J connectivity index is 1.44. The Hall–Kier alpha value is -3.70. The van der Waals surface area contributed by atoms with Crippen molar-refractivity contribution < 1.29 is 9.59 Å². The molecule has 2 amide bonds. The number of amides is 2. The number of piperidine rings is 1. The standard InChI is InChI=1S/C39H52N4O2/c1-3-4-8-15-33(27-38(44)28-35(29-40)32-13-9-5-6-10-14-32)34-19-18-31(30(2)26-34)22-25-43(37-20-23-41-24-21-37)39(45)42-36-16-11-7-12-17-36/h5-7,9-13,16-19,26,33,35,37,41H,3-4,8,15,20-25,27-29,40H2,1-2H3,(H,42,45)/t33-,35+/m1/s1. The molecule has 1 heterocycles. The molecule has 2 atom stereocenters. The molecular formula is C39H52N4O2. The number of Topliss-reactive ketones (excluding diaryl/α,β-unsaturated/α-hetero) is 1. The number of ketones is 1. The smallest absolute Gasteiger partial charge is 0.322 e. The van der Waals surface area contributed by atoms with E-state index >= 15 is 0 Å². The van der Waals surface area contributed by atoms with Gasteiger partial charge in [0.05, 0.1) is 0 Å². The van der Waals surface area contributed by atoms with E-state index in [1.165, 1.54) is 23.1 Å². The first-order valence-corrected chi connectivity index (χ1v) is 16.9. The van der Waals surface area contributed by atoms with Crippen LogP contribution in [0.25, 0.3) is 0 Å². The maximum absolute atomic E-state index is 13.4. The minimum Gasteiger partial charge on any atom is -0.330 e. The molecule has 0 spiro atoms. The summed E-state index contributed by atoms with van der Waals surface area (Å²) in [5, 5.41) is 6.53. The number of nitrogens with zero attached hydrogens (tertiary/aromatic N) is 1. The third-order valence-corrected chi connectivity index (χ3v) is 9.17. The molecule has 2 aromatic carbocycles. The predicted molar refractivity (Wildman–Crippen MR) is 186 cm³/mol. The summed E-state index contributed by atoms with van der Waals surface area (Å²) in [6.07, 6.45) is 17.9. The number of rotatable bonds is 16. The number of aryl methyl sites for hydroxylation is 1. The summed E-state index contributed by atoms with van der Waals surface area (Å²) >= 11 is 0. The highest BCUT2D eigenvalue weighted by molar-refractivity contribution is 5.89. The van der Waals surface area contributed by atoms with Gasteiger partial charge in [-0.25, -0.2) is 4.79 Å². The van der Waals surface area contributed by atoms with E-state index in [1.807, 2.05) is 65.6 Å². The van der Waals surface area contributed by atoms with Crippen molar-refractivity contribution in [3.8, 4) is 0 Å². The SMILES string of the molecule is CCCCC[C@H](CC(=O)C[C@@H](CN)C1=C=CC=CC=C1)c1ccc(CCN(C(=O)Nc2ccccc2)C2CCNCC2)c(C)c1. The third-order valence-electron chi connectivity index (χ3n) is 9.17. The second-order valence-corrected chi connectivity index (χ2v) is 12.5. The summed E-state index contributed by atoms with van der Waals surface area (Å²) < 4.78 is 0. The number of benzene rings is 2. The van der Waals surface area contributed by atoms with Crippen molar-refractivity contribution in [2.75, 3.05) is 31.5 Å². The first-order valence-electron chi connectivity index (χ1n) is 16.9. The molecule has 0 bridgehead atoms. The van der Waals surface area contributed by atoms with Crippen LogP contribution in [0.5, 0.6) is 0 Å². The van der Waals surface area contributed by atoms with E-state index in [0.29, 0.717) is 25.9 Å². The number of allylic oxidation sites excluding steroid dienone is 4. The summed E-state index contributed by atoms with van der Waals surface area (Å²) in [5.74, 6) is 0.428. The van der Waals surface area contributed by atoms with Gasteiger partial charge in [0.25, 0.3) is 0 Å². The van der Waals surface area contributed by atoms with Gasteiger partial charge in [0.2, 0.25) is 0 Å². The summed E-state index contributed by atoms with van der Waals surface area (Å²) in [6, 6.07) is 16.6. The highest BCUT2D eigenvalue weighted by Crippen LogP contribution is 2.30. The Bertz CT molecular complexity index is 1370. The number of nitrogens with two attached hydrogens (primary N) is 1. The summed E-state index contributed by atoms with van der Waals surface area (Å²) in [7, 11) is 0. The summed E-state index contributed by atoms with van der Waals surface area (Å²) in [4.78, 5) is 28.9. The van der Waals surface area contributed by atoms with Gasteiger partial charge in [-0.2, -0.15) is 0 Å². The van der Waals surface area contributed by atoms with E-state index in [4.69, 9.17) is 5.73 Å². The average molecular weight is 609 g/mol. The zero-order chi connectivity index (χ0) is 31.9. The van der Waals surface area contributed by atoms with Gasteiger partial charge in [0, 0.05) is 43.6 Å². The number of para-hydroxylation sites is 1. The maximum atomic E-state index is 13.4. The molecule has 6 heteroatoms. The Morgan fingerprint density at radius 2 is 1.80 bits per heavy atom. The molecule has 240 valence electrons. The maximum Gasteiger partial charge on any atom is 0.322 e. The van der Waals surface area contributed by atoms with Crippen LogP contribution in [0.15, 0.2) is 90.2 Å². The van der Waals surface area contributed by atoms with Gasteiger partial charge in [-0.05, 0) is 92.1 Å². The van der Waals surface area contributed by atoms with Gasteiger partial charge in [0.15, 0.2) is 0 Å². The molecule has 4 N–H and O–H groups in total. The summed E-state index contributed by atoms with van der Waals surface area (Å²) in [6.45, 7) is 7.33. The molecule has 1 fully saturated rings. The highest BCUT2D eigenvalue weighted by Gasteiger charge is 2.26. The number of carbonyl (C=O) groups excluding carboxylic acids is 2. The number of carbonyl (C=O) groups is 2. The average Bonchev–Trinajstić information content (AvgIpc) is 3.35. The van der Waals surface area contributed by atoms with Crippen LogP contribution in [0.4, 0.5) is 10.5 Å². The van der Waals surface area contributed by atoms with Crippen molar-refractivity contribution in [1.29, 1.82) is 0 Å². The van der Waals surface area contributed by atoms with Gasteiger partial charge >= 0.3 is 6.03 Å². The molecule has 1 aliphatic carbocycles. The number of hydrogen-bond acceptors (Lipinski definition) is 4. The van der Waals surface area contributed by atoms with Crippen LogP contribution in [0.3, 0.4) is 0 Å². The fraction of sp³-hybridized carbons (Fsp3) is 0.462.